The molecule has 1 N–H and O–H groups in total. The van der Waals surface area contributed by atoms with Crippen LogP contribution in [0.1, 0.15) is 46.0 Å². The second kappa shape index (κ2) is 8.05. The molecule has 1 saturated carbocycles. The first-order valence-corrected chi connectivity index (χ1v) is 8.28. The lowest BCUT2D eigenvalue weighted by Gasteiger charge is -2.31. The molecule has 0 bridgehead atoms. The van der Waals surface area contributed by atoms with Crippen molar-refractivity contribution in [3.05, 3.63) is 0 Å². The van der Waals surface area contributed by atoms with Gasteiger partial charge < -0.3 is 10.1 Å². The maximum absolute atomic E-state index is 12.1. The second-order valence-corrected chi connectivity index (χ2v) is 6.13. The Kier molecular flexibility index (Phi) is 7.08. The van der Waals surface area contributed by atoms with E-state index < -0.39 is 5.54 Å². The van der Waals surface area contributed by atoms with Gasteiger partial charge in [0.25, 0.3) is 0 Å². The molecule has 0 heterocycles. The van der Waals surface area contributed by atoms with E-state index in [1.165, 1.54) is 26.4 Å². The average molecular weight is 273 g/mol. The van der Waals surface area contributed by atoms with Gasteiger partial charge in [0, 0.05) is 5.75 Å². The fourth-order valence-electron chi connectivity index (χ4n) is 2.37. The summed E-state index contributed by atoms with van der Waals surface area (Å²) in [5.41, 5.74) is -0.430. The van der Waals surface area contributed by atoms with Crippen LogP contribution in [0.25, 0.3) is 0 Å². The summed E-state index contributed by atoms with van der Waals surface area (Å²) in [6.45, 7) is 5.09. The number of thioether (sulfide) groups is 1. The van der Waals surface area contributed by atoms with E-state index in [-0.39, 0.29) is 5.97 Å². The first kappa shape index (κ1) is 15.8. The number of ether oxygens (including phenoxy) is 1. The van der Waals surface area contributed by atoms with Crippen molar-refractivity contribution in [1.82, 2.24) is 5.32 Å². The Bertz CT molecular complexity index is 256. The number of hydrogen-bond acceptors (Lipinski definition) is 4. The molecule has 0 aromatic carbocycles. The smallest absolute Gasteiger partial charge is 0.327 e. The quantitative estimate of drug-likeness (QED) is 0.491. The topological polar surface area (TPSA) is 38.3 Å². The van der Waals surface area contributed by atoms with Gasteiger partial charge in [0.1, 0.15) is 5.54 Å². The fraction of sp³-hybridized carbons (Fsp3) is 0.929. The van der Waals surface area contributed by atoms with Gasteiger partial charge in [0.15, 0.2) is 0 Å². The van der Waals surface area contributed by atoms with Crippen molar-refractivity contribution in [2.24, 2.45) is 5.92 Å². The lowest BCUT2D eigenvalue weighted by molar-refractivity contribution is -0.148. The monoisotopic (exact) mass is 273 g/mol. The van der Waals surface area contributed by atoms with E-state index in [2.05, 4.69) is 19.2 Å². The van der Waals surface area contributed by atoms with Gasteiger partial charge >= 0.3 is 5.97 Å². The van der Waals surface area contributed by atoms with Gasteiger partial charge in [-0.25, -0.2) is 0 Å². The second-order valence-electron chi connectivity index (χ2n) is 5.03. The van der Waals surface area contributed by atoms with Gasteiger partial charge in [-0.2, -0.15) is 11.8 Å². The molecule has 106 valence electrons. The summed E-state index contributed by atoms with van der Waals surface area (Å²) in [6.07, 6.45) is 6.08. The van der Waals surface area contributed by atoms with Crippen molar-refractivity contribution >= 4 is 17.7 Å². The third-order valence-corrected chi connectivity index (χ3v) is 4.77. The molecule has 0 radical (unpaired) electrons. The minimum atomic E-state index is -0.430. The molecule has 0 aromatic heterocycles. The van der Waals surface area contributed by atoms with Gasteiger partial charge in [0.05, 0.1) is 7.11 Å². The highest BCUT2D eigenvalue weighted by atomic mass is 32.2. The van der Waals surface area contributed by atoms with Crippen LogP contribution in [-0.2, 0) is 9.53 Å². The van der Waals surface area contributed by atoms with Gasteiger partial charge in [-0.3, -0.25) is 4.79 Å². The molecule has 0 aliphatic heterocycles. The summed E-state index contributed by atoms with van der Waals surface area (Å²) in [5.74, 6) is 2.39. The van der Waals surface area contributed by atoms with Gasteiger partial charge in [-0.15, -0.1) is 0 Å². The number of carbonyl (C=O) groups is 1. The Morgan fingerprint density at radius 2 is 2.11 bits per heavy atom. The van der Waals surface area contributed by atoms with E-state index in [1.807, 2.05) is 11.8 Å². The lowest BCUT2D eigenvalue weighted by atomic mass is 9.95. The molecule has 18 heavy (non-hydrogen) atoms. The molecule has 0 saturated heterocycles. The number of likely N-dealkylation sites (N-methyl/N-ethyl adjacent to an activating group) is 1. The average Bonchev–Trinajstić information content (AvgIpc) is 3.21. The predicted molar refractivity (Wildman–Crippen MR) is 78.0 cm³/mol. The summed E-state index contributed by atoms with van der Waals surface area (Å²) in [4.78, 5) is 12.1. The Balaban J connectivity index is 2.50. The van der Waals surface area contributed by atoms with E-state index in [0.29, 0.717) is 5.92 Å². The van der Waals surface area contributed by atoms with Crippen molar-refractivity contribution in [1.29, 1.82) is 0 Å². The predicted octanol–water partition coefficient (Wildman–Crippen LogP) is 2.84. The molecular formula is C14H27NO2S. The van der Waals surface area contributed by atoms with E-state index in [9.17, 15) is 4.79 Å². The summed E-state index contributed by atoms with van der Waals surface area (Å²) >= 11 is 1.89. The van der Waals surface area contributed by atoms with Crippen LogP contribution in [-0.4, -0.2) is 36.7 Å². The van der Waals surface area contributed by atoms with Crippen LogP contribution in [0.15, 0.2) is 0 Å². The summed E-state index contributed by atoms with van der Waals surface area (Å²) < 4.78 is 5.03. The summed E-state index contributed by atoms with van der Waals surface area (Å²) in [5, 5.41) is 3.40. The molecule has 1 aliphatic carbocycles. The zero-order valence-electron chi connectivity index (χ0n) is 12.0. The largest absolute Gasteiger partial charge is 0.468 e. The Labute approximate surface area is 115 Å². The van der Waals surface area contributed by atoms with Crippen molar-refractivity contribution in [3.8, 4) is 0 Å². The van der Waals surface area contributed by atoms with Gasteiger partial charge in [0.2, 0.25) is 0 Å². The highest BCUT2D eigenvalue weighted by molar-refractivity contribution is 7.99. The lowest BCUT2D eigenvalue weighted by Crippen LogP contribution is -2.56. The number of nitrogens with one attached hydrogen (secondary N) is 1. The van der Waals surface area contributed by atoms with Crippen LogP contribution < -0.4 is 5.32 Å². The first-order valence-electron chi connectivity index (χ1n) is 7.12. The first-order chi connectivity index (χ1) is 8.71. The van der Waals surface area contributed by atoms with Crippen LogP contribution in [0.3, 0.4) is 0 Å². The number of methoxy groups -OCH3 is 1. The van der Waals surface area contributed by atoms with Crippen LogP contribution in [0, 0.1) is 5.92 Å². The Morgan fingerprint density at radius 1 is 1.39 bits per heavy atom. The van der Waals surface area contributed by atoms with E-state index >= 15 is 0 Å². The van der Waals surface area contributed by atoms with Gasteiger partial charge in [-0.1, -0.05) is 26.7 Å². The molecule has 1 unspecified atom stereocenters. The molecule has 1 atom stereocenters. The van der Waals surface area contributed by atoms with E-state index in [1.54, 1.807) is 0 Å². The highest BCUT2D eigenvalue weighted by Crippen LogP contribution is 2.42. The number of carbonyl (C=O) groups excluding carboxylic acids is 1. The minimum Gasteiger partial charge on any atom is -0.468 e. The molecule has 1 aliphatic rings. The molecule has 1 rings (SSSR count). The van der Waals surface area contributed by atoms with Crippen molar-refractivity contribution < 1.29 is 9.53 Å². The Morgan fingerprint density at radius 3 is 2.61 bits per heavy atom. The number of rotatable bonds is 10. The SMILES string of the molecule is CCCCCSCC(NCC)(C(=O)OC)C1CC1. The third kappa shape index (κ3) is 4.16. The molecule has 3 nitrogen and oxygen atoms in total. The maximum Gasteiger partial charge on any atom is 0.327 e. The van der Waals surface area contributed by atoms with Crippen LogP contribution in [0.2, 0.25) is 0 Å². The van der Waals surface area contributed by atoms with E-state index in [4.69, 9.17) is 4.74 Å². The highest BCUT2D eigenvalue weighted by Gasteiger charge is 2.51. The molecule has 1 fully saturated rings. The number of unbranched alkanes of at least 4 members (excludes halogenated alkanes) is 2. The van der Waals surface area contributed by atoms with Crippen LogP contribution in [0.5, 0.6) is 0 Å². The molecular weight excluding hydrogens is 246 g/mol. The van der Waals surface area contributed by atoms with Crippen LogP contribution >= 0.6 is 11.8 Å². The minimum absolute atomic E-state index is 0.0742. The normalized spacial score (nSPS) is 18.4. The molecule has 0 spiro atoms. The standard InChI is InChI=1S/C14H27NO2S/c1-4-6-7-10-18-11-14(15-5-2,12-8-9-12)13(16)17-3/h12,15H,4-11H2,1-3H3. The number of hydrogen-bond donors (Lipinski definition) is 1. The van der Waals surface area contributed by atoms with E-state index in [0.717, 1.165) is 30.9 Å². The van der Waals surface area contributed by atoms with Crippen molar-refractivity contribution in [2.75, 3.05) is 25.2 Å². The summed E-state index contributed by atoms with van der Waals surface area (Å²) in [6, 6.07) is 0. The molecule has 0 amide bonds. The van der Waals surface area contributed by atoms with Crippen molar-refractivity contribution in [3.63, 3.8) is 0 Å². The van der Waals surface area contributed by atoms with Crippen LogP contribution in [0.4, 0.5) is 0 Å². The molecule has 0 aromatic rings. The zero-order valence-corrected chi connectivity index (χ0v) is 12.8. The summed E-state index contributed by atoms with van der Waals surface area (Å²) in [7, 11) is 1.50. The maximum atomic E-state index is 12.1. The zero-order chi connectivity index (χ0) is 13.4. The van der Waals surface area contributed by atoms with Crippen molar-refractivity contribution in [2.45, 2.75) is 51.5 Å². The third-order valence-electron chi connectivity index (χ3n) is 3.54. The fourth-order valence-corrected chi connectivity index (χ4v) is 3.70. The Hall–Kier alpha value is -0.220. The molecule has 4 heteroatoms. The number of esters is 1. The van der Waals surface area contributed by atoms with Gasteiger partial charge in [-0.05, 0) is 37.5 Å².